The highest BCUT2D eigenvalue weighted by Gasteiger charge is 2.04. The smallest absolute Gasteiger partial charge is 0.319 e. The van der Waals surface area contributed by atoms with Crippen LogP contribution in [0.15, 0.2) is 41.8 Å². The zero-order valence-electron chi connectivity index (χ0n) is 10.3. The Kier molecular flexibility index (Phi) is 4.36. The molecule has 0 radical (unpaired) electrons. The van der Waals surface area contributed by atoms with Crippen LogP contribution in [0.4, 0.5) is 10.5 Å². The average molecular weight is 260 g/mol. The van der Waals surface area contributed by atoms with Crippen LogP contribution in [0.2, 0.25) is 0 Å². The van der Waals surface area contributed by atoms with Gasteiger partial charge in [-0.3, -0.25) is 0 Å². The Labute approximate surface area is 111 Å². The maximum Gasteiger partial charge on any atom is 0.319 e. The first-order valence-corrected chi connectivity index (χ1v) is 6.82. The fraction of sp³-hybridized carbons (Fsp3) is 0.214. The Morgan fingerprint density at radius 1 is 1.22 bits per heavy atom. The van der Waals surface area contributed by atoms with Crippen molar-refractivity contribution in [1.82, 2.24) is 5.32 Å². The molecule has 1 aromatic heterocycles. The molecule has 0 aliphatic rings. The predicted molar refractivity (Wildman–Crippen MR) is 76.0 cm³/mol. The van der Waals surface area contributed by atoms with Gasteiger partial charge in [-0.15, -0.1) is 11.3 Å². The molecule has 1 heterocycles. The molecule has 2 aromatic rings. The summed E-state index contributed by atoms with van der Waals surface area (Å²) in [7, 11) is 0. The Bertz CT molecular complexity index is 508. The van der Waals surface area contributed by atoms with Gasteiger partial charge in [0.25, 0.3) is 0 Å². The first-order valence-electron chi connectivity index (χ1n) is 5.94. The number of urea groups is 1. The highest BCUT2D eigenvalue weighted by Crippen LogP contribution is 2.15. The standard InChI is InChI=1S/C14H16N2OS/c1-2-11-6-3-4-8-13(11)16-14(17)15-10-12-7-5-9-18-12/h3-9H,2,10H2,1H3,(H2,15,16,17). The van der Waals surface area contributed by atoms with E-state index in [0.717, 1.165) is 22.5 Å². The Balaban J connectivity index is 1.90. The molecule has 94 valence electrons. The number of amides is 2. The van der Waals surface area contributed by atoms with Gasteiger partial charge in [0.15, 0.2) is 0 Å². The molecule has 0 aliphatic heterocycles. The van der Waals surface area contributed by atoms with Crippen LogP contribution < -0.4 is 10.6 Å². The number of hydrogen-bond acceptors (Lipinski definition) is 2. The lowest BCUT2D eigenvalue weighted by atomic mass is 10.1. The number of benzene rings is 1. The molecule has 0 atom stereocenters. The van der Waals surface area contributed by atoms with Gasteiger partial charge in [-0.2, -0.15) is 0 Å². The van der Waals surface area contributed by atoms with Crippen LogP contribution >= 0.6 is 11.3 Å². The molecule has 2 N–H and O–H groups in total. The molecule has 0 unspecified atom stereocenters. The van der Waals surface area contributed by atoms with Crippen LogP contribution in [0, 0.1) is 0 Å². The van der Waals surface area contributed by atoms with Gasteiger partial charge in [-0.05, 0) is 29.5 Å². The number of anilines is 1. The van der Waals surface area contributed by atoms with Gasteiger partial charge in [0.05, 0.1) is 6.54 Å². The zero-order valence-corrected chi connectivity index (χ0v) is 11.1. The van der Waals surface area contributed by atoms with Crippen molar-refractivity contribution in [3.63, 3.8) is 0 Å². The van der Waals surface area contributed by atoms with E-state index < -0.39 is 0 Å². The van der Waals surface area contributed by atoms with Crippen molar-refractivity contribution in [3.8, 4) is 0 Å². The zero-order chi connectivity index (χ0) is 12.8. The Morgan fingerprint density at radius 3 is 2.78 bits per heavy atom. The van der Waals surface area contributed by atoms with E-state index in [-0.39, 0.29) is 6.03 Å². The maximum absolute atomic E-state index is 11.8. The summed E-state index contributed by atoms with van der Waals surface area (Å²) in [4.78, 5) is 12.9. The van der Waals surface area contributed by atoms with Crippen molar-refractivity contribution < 1.29 is 4.79 Å². The minimum Gasteiger partial charge on any atom is -0.333 e. The van der Waals surface area contributed by atoms with Gasteiger partial charge < -0.3 is 10.6 Å². The maximum atomic E-state index is 11.8. The van der Waals surface area contributed by atoms with E-state index in [2.05, 4.69) is 17.6 Å². The lowest BCUT2D eigenvalue weighted by Crippen LogP contribution is -2.28. The van der Waals surface area contributed by atoms with Crippen LogP contribution in [0.1, 0.15) is 17.4 Å². The number of hydrogen-bond donors (Lipinski definition) is 2. The molecule has 0 saturated heterocycles. The number of nitrogens with one attached hydrogen (secondary N) is 2. The molecule has 2 rings (SSSR count). The van der Waals surface area contributed by atoms with Crippen molar-refractivity contribution in [2.75, 3.05) is 5.32 Å². The minimum absolute atomic E-state index is 0.163. The highest BCUT2D eigenvalue weighted by molar-refractivity contribution is 7.09. The van der Waals surface area contributed by atoms with Crippen LogP contribution in [0.3, 0.4) is 0 Å². The molecule has 0 spiro atoms. The fourth-order valence-corrected chi connectivity index (χ4v) is 2.34. The second-order valence-corrected chi connectivity index (χ2v) is 4.93. The molecular formula is C14H16N2OS. The summed E-state index contributed by atoms with van der Waals surface area (Å²) in [5.41, 5.74) is 2.02. The summed E-state index contributed by atoms with van der Waals surface area (Å²) >= 11 is 1.64. The molecule has 0 saturated carbocycles. The number of carbonyl (C=O) groups excluding carboxylic acids is 1. The van der Waals surface area contributed by atoms with E-state index in [1.807, 2.05) is 41.8 Å². The van der Waals surface area contributed by atoms with Crippen molar-refractivity contribution in [2.45, 2.75) is 19.9 Å². The lowest BCUT2D eigenvalue weighted by Gasteiger charge is -2.10. The molecule has 0 bridgehead atoms. The summed E-state index contributed by atoms with van der Waals surface area (Å²) in [5.74, 6) is 0. The van der Waals surface area contributed by atoms with E-state index in [1.165, 1.54) is 0 Å². The Hall–Kier alpha value is -1.81. The van der Waals surface area contributed by atoms with Gasteiger partial charge in [0, 0.05) is 10.6 Å². The molecule has 2 amide bonds. The SMILES string of the molecule is CCc1ccccc1NC(=O)NCc1cccs1. The van der Waals surface area contributed by atoms with Crippen LogP contribution in [0.25, 0.3) is 0 Å². The largest absolute Gasteiger partial charge is 0.333 e. The monoisotopic (exact) mass is 260 g/mol. The predicted octanol–water partition coefficient (Wildman–Crippen LogP) is 3.63. The molecule has 3 nitrogen and oxygen atoms in total. The van der Waals surface area contributed by atoms with E-state index in [9.17, 15) is 4.79 Å². The van der Waals surface area contributed by atoms with Gasteiger partial charge in [-0.1, -0.05) is 31.2 Å². The van der Waals surface area contributed by atoms with Gasteiger partial charge in [-0.25, -0.2) is 4.79 Å². The molecule has 1 aromatic carbocycles. The third-order valence-electron chi connectivity index (χ3n) is 2.65. The number of rotatable bonds is 4. The molecule has 0 aliphatic carbocycles. The van der Waals surface area contributed by atoms with Crippen LogP contribution in [0.5, 0.6) is 0 Å². The average Bonchev–Trinajstić information content (AvgIpc) is 2.90. The van der Waals surface area contributed by atoms with Crippen molar-refractivity contribution >= 4 is 23.1 Å². The van der Waals surface area contributed by atoms with Gasteiger partial charge >= 0.3 is 6.03 Å². The number of carbonyl (C=O) groups is 1. The molecule has 18 heavy (non-hydrogen) atoms. The summed E-state index contributed by atoms with van der Waals surface area (Å²) in [5, 5.41) is 7.72. The third-order valence-corrected chi connectivity index (χ3v) is 3.53. The second kappa shape index (κ2) is 6.21. The topological polar surface area (TPSA) is 41.1 Å². The van der Waals surface area contributed by atoms with Gasteiger partial charge in [0.1, 0.15) is 0 Å². The Morgan fingerprint density at radius 2 is 2.06 bits per heavy atom. The summed E-state index contributed by atoms with van der Waals surface area (Å²) < 4.78 is 0. The highest BCUT2D eigenvalue weighted by atomic mass is 32.1. The van der Waals surface area contributed by atoms with Crippen molar-refractivity contribution in [2.24, 2.45) is 0 Å². The number of aryl methyl sites for hydroxylation is 1. The fourth-order valence-electron chi connectivity index (χ4n) is 1.70. The van der Waals surface area contributed by atoms with Crippen molar-refractivity contribution in [3.05, 3.63) is 52.2 Å². The van der Waals surface area contributed by atoms with E-state index >= 15 is 0 Å². The quantitative estimate of drug-likeness (QED) is 0.866. The first kappa shape index (κ1) is 12.6. The molecular weight excluding hydrogens is 244 g/mol. The first-order chi connectivity index (χ1) is 8.79. The normalized spacial score (nSPS) is 10.1. The van der Waals surface area contributed by atoms with Crippen LogP contribution in [-0.2, 0) is 13.0 Å². The van der Waals surface area contributed by atoms with Crippen molar-refractivity contribution in [1.29, 1.82) is 0 Å². The molecule has 0 fully saturated rings. The van der Waals surface area contributed by atoms with Crippen LogP contribution in [-0.4, -0.2) is 6.03 Å². The summed E-state index contributed by atoms with van der Waals surface area (Å²) in [6, 6.07) is 11.7. The molecule has 4 heteroatoms. The summed E-state index contributed by atoms with van der Waals surface area (Å²) in [6.45, 7) is 2.64. The van der Waals surface area contributed by atoms with E-state index in [0.29, 0.717) is 6.54 Å². The number of para-hydroxylation sites is 1. The summed E-state index contributed by atoms with van der Waals surface area (Å²) in [6.07, 6.45) is 0.904. The minimum atomic E-state index is -0.163. The lowest BCUT2D eigenvalue weighted by molar-refractivity contribution is 0.252. The van der Waals surface area contributed by atoms with E-state index in [4.69, 9.17) is 0 Å². The third kappa shape index (κ3) is 3.34. The number of thiophene rings is 1. The second-order valence-electron chi connectivity index (χ2n) is 3.90. The van der Waals surface area contributed by atoms with E-state index in [1.54, 1.807) is 11.3 Å². The van der Waals surface area contributed by atoms with Gasteiger partial charge in [0.2, 0.25) is 0 Å².